The van der Waals surface area contributed by atoms with Crippen LogP contribution in [0.2, 0.25) is 0 Å². The zero-order valence-corrected chi connectivity index (χ0v) is 35.2. The van der Waals surface area contributed by atoms with Crippen molar-refractivity contribution in [2.24, 2.45) is 0 Å². The Morgan fingerprint density at radius 3 is 1.28 bits per heavy atom. The molecule has 4 aromatic heterocycles. The summed E-state index contributed by atoms with van der Waals surface area (Å²) < 4.78 is 16.8. The summed E-state index contributed by atoms with van der Waals surface area (Å²) in [6.07, 6.45) is 18.1. The molecule has 0 aliphatic carbocycles. The van der Waals surface area contributed by atoms with Crippen molar-refractivity contribution in [3.05, 3.63) is 83.4 Å². The lowest BCUT2D eigenvalue weighted by Gasteiger charge is -2.12. The topological polar surface area (TPSA) is 210 Å². The molecule has 0 fully saturated rings. The number of nitrogens with zero attached hydrogens (tertiary/aromatic N) is 4. The van der Waals surface area contributed by atoms with Gasteiger partial charge in [0.25, 0.3) is 17.7 Å². The number of nitrogens with one attached hydrogen (secondary N) is 3. The van der Waals surface area contributed by atoms with Crippen molar-refractivity contribution in [1.29, 1.82) is 0 Å². The summed E-state index contributed by atoms with van der Waals surface area (Å²) in [5.74, 6) is -1.45. The van der Waals surface area contributed by atoms with Gasteiger partial charge in [0.1, 0.15) is 51.9 Å². The van der Waals surface area contributed by atoms with Crippen molar-refractivity contribution in [3.8, 4) is 11.5 Å². The van der Waals surface area contributed by atoms with Crippen LogP contribution in [0.25, 0.3) is 0 Å². The largest absolute Gasteiger partial charge is 0.493 e. The number of unbranched alkanes of at least 4 members (excludes halogenated alkanes) is 14. The smallest absolute Gasteiger partial charge is 0.356 e. The fourth-order valence-electron chi connectivity index (χ4n) is 6.22. The molecule has 15 nitrogen and oxygen atoms in total. The molecule has 0 saturated carbocycles. The van der Waals surface area contributed by atoms with Crippen molar-refractivity contribution >= 4 is 47.0 Å². The van der Waals surface area contributed by atoms with E-state index in [1.807, 2.05) is 0 Å². The number of nitrogen functional groups attached to an aromatic ring is 1. The first-order valence-corrected chi connectivity index (χ1v) is 21.2. The highest BCUT2D eigenvalue weighted by atomic mass is 16.5. The Morgan fingerprint density at radius 2 is 0.867 bits per heavy atom. The summed E-state index contributed by atoms with van der Waals surface area (Å²) in [6, 6.07) is 15.3. The summed E-state index contributed by atoms with van der Waals surface area (Å²) in [6.45, 7) is 5.21. The first kappa shape index (κ1) is 46.6. The van der Waals surface area contributed by atoms with Crippen molar-refractivity contribution in [3.63, 3.8) is 0 Å². The SMILES string of the molecule is CCCCCCCCCCOc1cc(C(=O)Nc2cccc(N)n2)nc(C(=O)Nc2cccc(NC(=O)c3cc(OCCCCCCCCCC)cc(C(=O)OC)n3)n2)c1. The first-order valence-electron chi connectivity index (χ1n) is 21.2. The Morgan fingerprint density at radius 1 is 0.500 bits per heavy atom. The van der Waals surface area contributed by atoms with Crippen LogP contribution in [-0.2, 0) is 4.74 Å². The molecule has 0 atom stereocenters. The van der Waals surface area contributed by atoms with Crippen molar-refractivity contribution in [1.82, 2.24) is 19.9 Å². The Hall–Kier alpha value is -6.12. The Labute approximate surface area is 353 Å². The number of carbonyl (C=O) groups is 4. The number of esters is 1. The van der Waals surface area contributed by atoms with Gasteiger partial charge < -0.3 is 35.9 Å². The molecule has 0 unspecified atom stereocenters. The quantitative estimate of drug-likeness (QED) is 0.0327. The van der Waals surface area contributed by atoms with E-state index in [1.54, 1.807) is 24.3 Å². The lowest BCUT2D eigenvalue weighted by molar-refractivity contribution is 0.0593. The molecule has 0 radical (unpaired) electrons. The molecule has 0 bridgehead atoms. The van der Waals surface area contributed by atoms with E-state index in [4.69, 9.17) is 19.9 Å². The van der Waals surface area contributed by atoms with Gasteiger partial charge in [-0.15, -0.1) is 0 Å². The average Bonchev–Trinajstić information content (AvgIpc) is 3.24. The fraction of sp³-hybridized carbons (Fsp3) is 0.467. The normalized spacial score (nSPS) is 10.8. The third kappa shape index (κ3) is 16.6. The van der Waals surface area contributed by atoms with Crippen LogP contribution in [0.4, 0.5) is 23.3 Å². The number of ether oxygens (including phenoxy) is 3. The molecule has 0 spiro atoms. The molecule has 0 aliphatic heterocycles. The minimum absolute atomic E-state index is 0.0744. The molecule has 0 saturated heterocycles. The molecule has 4 aromatic rings. The monoisotopic (exact) mass is 824 g/mol. The zero-order valence-electron chi connectivity index (χ0n) is 35.2. The number of carbonyl (C=O) groups excluding carboxylic acids is 4. The van der Waals surface area contributed by atoms with Gasteiger partial charge in [0, 0.05) is 24.3 Å². The van der Waals surface area contributed by atoms with E-state index < -0.39 is 23.7 Å². The van der Waals surface area contributed by atoms with Gasteiger partial charge in [-0.05, 0) is 37.1 Å². The summed E-state index contributed by atoms with van der Waals surface area (Å²) >= 11 is 0. The summed E-state index contributed by atoms with van der Waals surface area (Å²) in [7, 11) is 1.23. The van der Waals surface area contributed by atoms with E-state index in [-0.39, 0.29) is 46.0 Å². The molecule has 0 aromatic carbocycles. The number of aromatic nitrogens is 4. The fourth-order valence-corrected chi connectivity index (χ4v) is 6.22. The van der Waals surface area contributed by atoms with Gasteiger partial charge in [-0.2, -0.15) is 0 Å². The molecule has 60 heavy (non-hydrogen) atoms. The zero-order chi connectivity index (χ0) is 43.0. The second-order valence-electron chi connectivity index (χ2n) is 14.5. The van der Waals surface area contributed by atoms with Crippen LogP contribution in [0.5, 0.6) is 11.5 Å². The van der Waals surface area contributed by atoms with Crippen LogP contribution in [0, 0.1) is 0 Å². The number of pyridine rings is 4. The summed E-state index contributed by atoms with van der Waals surface area (Å²) in [5, 5.41) is 8.00. The van der Waals surface area contributed by atoms with E-state index in [0.29, 0.717) is 24.7 Å². The third-order valence-corrected chi connectivity index (χ3v) is 9.47. The number of hydrogen-bond donors (Lipinski definition) is 4. The van der Waals surface area contributed by atoms with Crippen molar-refractivity contribution in [2.75, 3.05) is 42.0 Å². The van der Waals surface area contributed by atoms with Gasteiger partial charge in [0.2, 0.25) is 0 Å². The molecule has 5 N–H and O–H groups in total. The maximum absolute atomic E-state index is 13.6. The molecule has 0 aliphatic rings. The van der Waals surface area contributed by atoms with Gasteiger partial charge in [-0.1, -0.05) is 116 Å². The molecule has 4 heterocycles. The van der Waals surface area contributed by atoms with Crippen LogP contribution in [-0.4, -0.2) is 64.0 Å². The predicted octanol–water partition coefficient (Wildman–Crippen LogP) is 9.43. The number of hydrogen-bond acceptors (Lipinski definition) is 12. The van der Waals surface area contributed by atoms with E-state index >= 15 is 0 Å². The average molecular weight is 825 g/mol. The number of anilines is 4. The van der Waals surface area contributed by atoms with E-state index in [2.05, 4.69) is 49.7 Å². The second-order valence-corrected chi connectivity index (χ2v) is 14.5. The maximum Gasteiger partial charge on any atom is 0.356 e. The number of amides is 3. The van der Waals surface area contributed by atoms with Gasteiger partial charge in [-0.3, -0.25) is 14.4 Å². The lowest BCUT2D eigenvalue weighted by atomic mass is 10.1. The highest BCUT2D eigenvalue weighted by Gasteiger charge is 2.19. The van der Waals surface area contributed by atoms with Crippen molar-refractivity contribution in [2.45, 2.75) is 117 Å². The van der Waals surface area contributed by atoms with E-state index in [0.717, 1.165) is 38.5 Å². The molecule has 322 valence electrons. The second kappa shape index (κ2) is 26.1. The molecule has 15 heteroatoms. The number of methoxy groups -OCH3 is 1. The molecule has 4 rings (SSSR count). The van der Waals surface area contributed by atoms with Crippen LogP contribution >= 0.6 is 0 Å². The van der Waals surface area contributed by atoms with Gasteiger partial charge in [-0.25, -0.2) is 24.7 Å². The Balaban J connectivity index is 1.42. The third-order valence-electron chi connectivity index (χ3n) is 9.47. The maximum atomic E-state index is 13.6. The van der Waals surface area contributed by atoms with Gasteiger partial charge in [0.15, 0.2) is 5.69 Å². The van der Waals surface area contributed by atoms with Gasteiger partial charge in [0.05, 0.1) is 20.3 Å². The molecular weight excluding hydrogens is 765 g/mol. The summed E-state index contributed by atoms with van der Waals surface area (Å²) in [4.78, 5) is 69.7. The standard InChI is InChI=1S/C45H60N8O7/c1-4-6-8-10-12-14-16-18-26-59-32-28-34(42(54)51-39-23-20-22-38(46)49-39)47-35(29-32)43(55)52-40-24-21-25-41(50-40)53-44(56)36-30-33(31-37(48-36)45(57)58-3)60-27-19-17-15-13-11-9-7-5-2/h20-25,28-31H,4-19,26-27H2,1-3H3,(H3,46,49,51,54)(H2,50,52,53,55,56). The molecular formula is C45H60N8O7. The number of nitrogens with two attached hydrogens (primary N) is 1. The van der Waals surface area contributed by atoms with Crippen LogP contribution in [0.15, 0.2) is 60.7 Å². The highest BCUT2D eigenvalue weighted by Crippen LogP contribution is 2.21. The minimum Gasteiger partial charge on any atom is -0.493 e. The Bertz CT molecular complexity index is 1990. The van der Waals surface area contributed by atoms with Crippen LogP contribution in [0.1, 0.15) is 159 Å². The van der Waals surface area contributed by atoms with Crippen LogP contribution < -0.4 is 31.2 Å². The van der Waals surface area contributed by atoms with Gasteiger partial charge >= 0.3 is 5.97 Å². The molecule has 3 amide bonds. The van der Waals surface area contributed by atoms with E-state index in [1.165, 1.54) is 108 Å². The van der Waals surface area contributed by atoms with Crippen LogP contribution in [0.3, 0.4) is 0 Å². The summed E-state index contributed by atoms with van der Waals surface area (Å²) in [5.41, 5.74) is 5.43. The lowest BCUT2D eigenvalue weighted by Crippen LogP contribution is -2.20. The van der Waals surface area contributed by atoms with Crippen molar-refractivity contribution < 1.29 is 33.4 Å². The highest BCUT2D eigenvalue weighted by molar-refractivity contribution is 6.07. The minimum atomic E-state index is -0.720. The first-order chi connectivity index (χ1) is 29.2. The Kier molecular flexibility index (Phi) is 20.2. The predicted molar refractivity (Wildman–Crippen MR) is 233 cm³/mol. The van der Waals surface area contributed by atoms with E-state index in [9.17, 15) is 19.2 Å². The number of rotatable bonds is 27.